The second-order valence-electron chi connectivity index (χ2n) is 8.55. The van der Waals surface area contributed by atoms with Crippen LogP contribution in [-0.2, 0) is 23.8 Å². The van der Waals surface area contributed by atoms with Crippen molar-refractivity contribution in [1.82, 2.24) is 14.8 Å². The summed E-state index contributed by atoms with van der Waals surface area (Å²) < 4.78 is 27.9. The van der Waals surface area contributed by atoms with Gasteiger partial charge in [-0.25, -0.2) is 28.2 Å². The van der Waals surface area contributed by atoms with Crippen molar-refractivity contribution in [3.8, 4) is 16.4 Å². The van der Waals surface area contributed by atoms with E-state index in [1.165, 1.54) is 28.8 Å². The molecule has 36 heavy (non-hydrogen) atoms. The Labute approximate surface area is 222 Å². The number of carbonyl (C=O) groups is 1. The smallest absolute Gasteiger partial charge is 0.355 e. The van der Waals surface area contributed by atoms with Crippen molar-refractivity contribution >= 4 is 51.5 Å². The van der Waals surface area contributed by atoms with Gasteiger partial charge in [0.25, 0.3) is 0 Å². The lowest BCUT2D eigenvalue weighted by atomic mass is 9.97. The summed E-state index contributed by atoms with van der Waals surface area (Å²) in [6, 6.07) is 9.53. The maximum atomic E-state index is 14.6. The fourth-order valence-electron chi connectivity index (χ4n) is 4.04. The first kappa shape index (κ1) is 25.0. The van der Waals surface area contributed by atoms with E-state index in [1.54, 1.807) is 28.9 Å². The van der Waals surface area contributed by atoms with E-state index in [2.05, 4.69) is 4.98 Å². The molecule has 1 saturated carbocycles. The minimum Gasteiger partial charge on any atom is -0.476 e. The summed E-state index contributed by atoms with van der Waals surface area (Å²) in [4.78, 5) is 15.6. The molecule has 0 bridgehead atoms. The number of carboxylic acid groups (broad SMARTS) is 1. The Morgan fingerprint density at radius 1 is 1.22 bits per heavy atom. The van der Waals surface area contributed by atoms with E-state index >= 15 is 0 Å². The zero-order chi connectivity index (χ0) is 25.6. The molecular formula is C24H19Cl2FN4O3S2. The number of nitrogens with two attached hydrogens (primary N) is 1. The largest absolute Gasteiger partial charge is 0.476 e. The lowest BCUT2D eigenvalue weighted by molar-refractivity contribution is 0.0691. The maximum absolute atomic E-state index is 14.6. The van der Waals surface area contributed by atoms with Crippen LogP contribution in [0.25, 0.3) is 16.4 Å². The Hall–Kier alpha value is -2.63. The summed E-state index contributed by atoms with van der Waals surface area (Å²) in [5.41, 5.74) is 3.53. The van der Waals surface area contributed by atoms with Gasteiger partial charge in [0.05, 0.1) is 16.3 Å². The number of hydrogen-bond acceptors (Lipinski definition) is 5. The number of aromatic carboxylic acids is 1. The van der Waals surface area contributed by atoms with Gasteiger partial charge in [0.15, 0.2) is 5.69 Å². The maximum Gasteiger partial charge on any atom is 0.355 e. The molecule has 2 heterocycles. The summed E-state index contributed by atoms with van der Waals surface area (Å²) in [7, 11) is -1.94. The van der Waals surface area contributed by atoms with E-state index in [9.17, 15) is 18.5 Å². The molecule has 0 saturated heterocycles. The fourth-order valence-corrected chi connectivity index (χ4v) is 5.79. The van der Waals surface area contributed by atoms with E-state index in [4.69, 9.17) is 33.4 Å². The lowest BCUT2D eigenvalue weighted by Gasteiger charge is -2.10. The zero-order valence-corrected chi connectivity index (χ0v) is 21.7. The van der Waals surface area contributed by atoms with Gasteiger partial charge in [0.1, 0.15) is 16.8 Å². The van der Waals surface area contributed by atoms with Crippen LogP contribution < -0.4 is 5.14 Å². The monoisotopic (exact) mass is 564 g/mol. The number of rotatable bonds is 8. The van der Waals surface area contributed by atoms with Crippen LogP contribution in [0.4, 0.5) is 4.39 Å². The van der Waals surface area contributed by atoms with Crippen LogP contribution in [0.1, 0.15) is 40.2 Å². The van der Waals surface area contributed by atoms with Crippen molar-refractivity contribution in [1.29, 1.82) is 0 Å². The number of carboxylic acids is 1. The van der Waals surface area contributed by atoms with Crippen molar-refractivity contribution < 1.29 is 18.5 Å². The molecule has 5 rings (SSSR count). The van der Waals surface area contributed by atoms with Crippen molar-refractivity contribution in [2.75, 3.05) is 0 Å². The summed E-state index contributed by atoms with van der Waals surface area (Å²) in [6.45, 7) is 0. The highest BCUT2D eigenvalue weighted by atomic mass is 35.5. The highest BCUT2D eigenvalue weighted by molar-refractivity contribution is 7.82. The molecule has 2 aromatic carbocycles. The summed E-state index contributed by atoms with van der Waals surface area (Å²) in [5, 5.41) is 22.3. The molecule has 1 unspecified atom stereocenters. The predicted molar refractivity (Wildman–Crippen MR) is 138 cm³/mol. The number of hydrogen-bond donors (Lipinski definition) is 2. The SMILES string of the molecule is NS(=O)c1ccc(Cc2c(-c3cc(Cl)cc(Cl)c3)nn(-c3nc(C(=O)O)cs3)c2CC2CC2)cc1F. The Bertz CT molecular complexity index is 1500. The molecule has 12 heteroatoms. The van der Waals surface area contributed by atoms with Gasteiger partial charge in [-0.15, -0.1) is 11.3 Å². The average molecular weight is 565 g/mol. The van der Waals surface area contributed by atoms with E-state index < -0.39 is 22.8 Å². The van der Waals surface area contributed by atoms with Crippen molar-refractivity contribution in [2.24, 2.45) is 11.1 Å². The van der Waals surface area contributed by atoms with E-state index in [-0.39, 0.29) is 10.6 Å². The van der Waals surface area contributed by atoms with Crippen molar-refractivity contribution in [3.63, 3.8) is 0 Å². The Morgan fingerprint density at radius 2 is 1.94 bits per heavy atom. The lowest BCUT2D eigenvalue weighted by Crippen LogP contribution is -2.07. The third-order valence-electron chi connectivity index (χ3n) is 5.89. The highest BCUT2D eigenvalue weighted by Gasteiger charge is 2.29. The molecule has 186 valence electrons. The van der Waals surface area contributed by atoms with Crippen LogP contribution >= 0.6 is 34.5 Å². The second kappa shape index (κ2) is 10.0. The molecular weight excluding hydrogens is 546 g/mol. The second-order valence-corrected chi connectivity index (χ2v) is 11.3. The Morgan fingerprint density at radius 3 is 2.53 bits per heavy atom. The topological polar surface area (TPSA) is 111 Å². The third kappa shape index (κ3) is 5.23. The minimum atomic E-state index is -1.94. The van der Waals surface area contributed by atoms with E-state index in [0.717, 1.165) is 24.1 Å². The molecule has 1 aliphatic carbocycles. The van der Waals surface area contributed by atoms with Gasteiger partial charge in [-0.1, -0.05) is 29.3 Å². The van der Waals surface area contributed by atoms with Gasteiger partial charge in [0, 0.05) is 33.0 Å². The molecule has 7 nitrogen and oxygen atoms in total. The first-order valence-electron chi connectivity index (χ1n) is 10.9. The molecule has 0 aliphatic heterocycles. The number of benzene rings is 2. The highest BCUT2D eigenvalue weighted by Crippen LogP contribution is 2.39. The molecule has 4 aromatic rings. The summed E-state index contributed by atoms with van der Waals surface area (Å²) in [5.74, 6) is -1.31. The first-order chi connectivity index (χ1) is 17.2. The minimum absolute atomic E-state index is 0.0655. The summed E-state index contributed by atoms with van der Waals surface area (Å²) in [6.07, 6.45) is 3.17. The van der Waals surface area contributed by atoms with Crippen LogP contribution in [-0.4, -0.2) is 30.0 Å². The average Bonchev–Trinajstić information content (AvgIpc) is 3.35. The number of halogens is 3. The fraction of sp³-hybridized carbons (Fsp3) is 0.208. The summed E-state index contributed by atoms with van der Waals surface area (Å²) >= 11 is 13.8. The normalized spacial score (nSPS) is 14.2. The van der Waals surface area contributed by atoms with Crippen LogP contribution in [0.5, 0.6) is 0 Å². The van der Waals surface area contributed by atoms with Crippen LogP contribution in [0.15, 0.2) is 46.7 Å². The molecule has 0 amide bonds. The third-order valence-corrected chi connectivity index (χ3v) is 7.91. The van der Waals surface area contributed by atoms with Crippen LogP contribution in [0.2, 0.25) is 10.0 Å². The van der Waals surface area contributed by atoms with Gasteiger partial charge in [-0.05, 0) is 61.1 Å². The Kier molecular flexibility index (Phi) is 6.97. The standard InChI is InChI=1S/C24H19Cl2FN4O3S2/c25-15-8-14(9-16(26)10-15)22-17(5-13-3-4-21(36(28)34)18(27)6-13)20(7-12-1-2-12)31(30-22)24-29-19(11-35-24)23(32)33/h3-4,6,8-12H,1-2,5,7,28H2,(H,32,33). The predicted octanol–water partition coefficient (Wildman–Crippen LogP) is 5.66. The van der Waals surface area contributed by atoms with Gasteiger partial charge in [-0.3, -0.25) is 0 Å². The first-order valence-corrected chi connectivity index (χ1v) is 13.8. The van der Waals surface area contributed by atoms with Gasteiger partial charge in [0.2, 0.25) is 5.13 Å². The van der Waals surface area contributed by atoms with E-state index in [1.807, 2.05) is 0 Å². The van der Waals surface area contributed by atoms with Gasteiger partial charge < -0.3 is 5.11 Å². The van der Waals surface area contributed by atoms with E-state index in [0.29, 0.717) is 50.8 Å². The molecule has 1 atom stereocenters. The van der Waals surface area contributed by atoms with Crippen LogP contribution in [0, 0.1) is 11.7 Å². The van der Waals surface area contributed by atoms with Crippen LogP contribution in [0.3, 0.4) is 0 Å². The quantitative estimate of drug-likeness (QED) is 0.286. The number of aromatic nitrogens is 3. The van der Waals surface area contributed by atoms with Crippen molar-refractivity contribution in [2.45, 2.75) is 30.6 Å². The molecule has 1 fully saturated rings. The molecule has 1 aliphatic rings. The number of nitrogens with zero attached hydrogens (tertiary/aromatic N) is 3. The molecule has 3 N–H and O–H groups in total. The Balaban J connectivity index is 1.69. The molecule has 2 aromatic heterocycles. The van der Waals surface area contributed by atoms with Gasteiger partial charge >= 0.3 is 5.97 Å². The zero-order valence-electron chi connectivity index (χ0n) is 18.6. The molecule has 0 spiro atoms. The van der Waals surface area contributed by atoms with Crippen molar-refractivity contribution in [3.05, 3.63) is 80.2 Å². The van der Waals surface area contributed by atoms with Gasteiger partial charge in [-0.2, -0.15) is 5.10 Å². The number of thiazole rings is 1. The molecule has 0 radical (unpaired) electrons.